The van der Waals surface area contributed by atoms with Crippen LogP contribution in [0.3, 0.4) is 0 Å². The quantitative estimate of drug-likeness (QED) is 0.610. The summed E-state index contributed by atoms with van der Waals surface area (Å²) in [7, 11) is 0. The van der Waals surface area contributed by atoms with E-state index in [-0.39, 0.29) is 0 Å². The van der Waals surface area contributed by atoms with Crippen LogP contribution in [-0.2, 0) is 4.74 Å². The van der Waals surface area contributed by atoms with Crippen LogP contribution in [-0.4, -0.2) is 73.5 Å². The van der Waals surface area contributed by atoms with Crippen molar-refractivity contribution >= 4 is 27.6 Å². The van der Waals surface area contributed by atoms with Crippen molar-refractivity contribution in [2.45, 2.75) is 6.42 Å². The van der Waals surface area contributed by atoms with E-state index in [9.17, 15) is 0 Å². The highest BCUT2D eigenvalue weighted by molar-refractivity contribution is 9.10. The predicted octanol–water partition coefficient (Wildman–Crippen LogP) is 2.61. The Kier molecular flexibility index (Phi) is 6.38. The molecule has 2 aliphatic rings. The molecule has 3 heterocycles. The molecule has 8 heteroatoms. The highest BCUT2D eigenvalue weighted by Crippen LogP contribution is 2.16. The third kappa shape index (κ3) is 4.99. The number of piperazine rings is 1. The standard InChI is InChI=1S/C20H24BrN5O2/c21-18-6-7-19(24-23-18)26-12-10-25(11-13-26)9-1-14-27-17-4-2-16(3-5-17)20-22-8-15-28-20/h2-7H,1,8-15H2. The van der Waals surface area contributed by atoms with Gasteiger partial charge in [0.2, 0.25) is 5.90 Å². The largest absolute Gasteiger partial charge is 0.494 e. The van der Waals surface area contributed by atoms with Crippen LogP contribution in [0, 0.1) is 0 Å². The number of aromatic nitrogens is 2. The average Bonchev–Trinajstić information content (AvgIpc) is 3.28. The predicted molar refractivity (Wildman–Crippen MR) is 112 cm³/mol. The molecule has 1 aromatic heterocycles. The fourth-order valence-electron chi connectivity index (χ4n) is 3.36. The first-order valence-corrected chi connectivity index (χ1v) is 10.4. The molecule has 0 bridgehead atoms. The Balaban J connectivity index is 1.15. The van der Waals surface area contributed by atoms with Gasteiger partial charge in [-0.05, 0) is 58.7 Å². The zero-order chi connectivity index (χ0) is 19.2. The Morgan fingerprint density at radius 3 is 2.50 bits per heavy atom. The van der Waals surface area contributed by atoms with Crippen LogP contribution in [0.5, 0.6) is 5.75 Å². The van der Waals surface area contributed by atoms with Crippen molar-refractivity contribution in [3.05, 3.63) is 46.6 Å². The second-order valence-electron chi connectivity index (χ2n) is 6.80. The molecule has 0 N–H and O–H groups in total. The van der Waals surface area contributed by atoms with E-state index in [2.05, 4.69) is 40.9 Å². The lowest BCUT2D eigenvalue weighted by Gasteiger charge is -2.35. The molecule has 7 nitrogen and oxygen atoms in total. The number of ether oxygens (including phenoxy) is 2. The normalized spacial score (nSPS) is 17.3. The summed E-state index contributed by atoms with van der Waals surface area (Å²) in [6.45, 7) is 7.22. The lowest BCUT2D eigenvalue weighted by molar-refractivity contribution is 0.224. The molecule has 1 saturated heterocycles. The molecule has 0 radical (unpaired) electrons. The van der Waals surface area contributed by atoms with Gasteiger partial charge in [-0.3, -0.25) is 4.90 Å². The number of aliphatic imine (C=N–C) groups is 1. The maximum atomic E-state index is 5.88. The van der Waals surface area contributed by atoms with Gasteiger partial charge < -0.3 is 14.4 Å². The van der Waals surface area contributed by atoms with E-state index in [4.69, 9.17) is 9.47 Å². The maximum Gasteiger partial charge on any atom is 0.216 e. The van der Waals surface area contributed by atoms with Gasteiger partial charge in [-0.1, -0.05) is 0 Å². The SMILES string of the molecule is Brc1ccc(N2CCN(CCCOc3ccc(C4=NCCO4)cc3)CC2)nn1. The highest BCUT2D eigenvalue weighted by Gasteiger charge is 2.18. The summed E-state index contributed by atoms with van der Waals surface area (Å²) >= 11 is 3.33. The van der Waals surface area contributed by atoms with Crippen LogP contribution < -0.4 is 9.64 Å². The molecule has 0 atom stereocenters. The fourth-order valence-corrected chi connectivity index (χ4v) is 3.57. The van der Waals surface area contributed by atoms with Crippen LogP contribution in [0.25, 0.3) is 0 Å². The molecule has 1 aromatic carbocycles. The number of halogens is 1. The Morgan fingerprint density at radius 2 is 1.82 bits per heavy atom. The topological polar surface area (TPSA) is 63.1 Å². The van der Waals surface area contributed by atoms with Crippen molar-refractivity contribution in [2.75, 3.05) is 57.4 Å². The van der Waals surface area contributed by atoms with Crippen molar-refractivity contribution < 1.29 is 9.47 Å². The lowest BCUT2D eigenvalue weighted by Crippen LogP contribution is -2.47. The Morgan fingerprint density at radius 1 is 1.00 bits per heavy atom. The molecule has 0 saturated carbocycles. The maximum absolute atomic E-state index is 5.88. The summed E-state index contributed by atoms with van der Waals surface area (Å²) in [4.78, 5) is 9.09. The van der Waals surface area contributed by atoms with Gasteiger partial charge in [-0.25, -0.2) is 4.99 Å². The van der Waals surface area contributed by atoms with E-state index < -0.39 is 0 Å². The first-order valence-electron chi connectivity index (χ1n) is 9.65. The molecule has 2 aromatic rings. The number of nitrogens with zero attached hydrogens (tertiary/aromatic N) is 5. The van der Waals surface area contributed by atoms with Gasteiger partial charge in [0.1, 0.15) is 17.0 Å². The number of rotatable bonds is 7. The minimum Gasteiger partial charge on any atom is -0.494 e. The summed E-state index contributed by atoms with van der Waals surface area (Å²) in [6.07, 6.45) is 1.01. The molecular formula is C20H24BrN5O2. The first-order chi connectivity index (χ1) is 13.8. The van der Waals surface area contributed by atoms with Crippen LogP contribution in [0.1, 0.15) is 12.0 Å². The number of benzene rings is 1. The summed E-state index contributed by atoms with van der Waals surface area (Å²) in [5.74, 6) is 2.57. The van der Waals surface area contributed by atoms with E-state index in [0.717, 1.165) is 79.9 Å². The van der Waals surface area contributed by atoms with Gasteiger partial charge in [-0.15, -0.1) is 10.2 Å². The molecule has 0 amide bonds. The summed E-state index contributed by atoms with van der Waals surface area (Å²) in [5, 5.41) is 8.31. The molecule has 4 rings (SSSR count). The minimum atomic E-state index is 0.679. The molecule has 1 fully saturated rings. The van der Waals surface area contributed by atoms with E-state index in [1.54, 1.807) is 0 Å². The van der Waals surface area contributed by atoms with Crippen molar-refractivity contribution in [3.63, 3.8) is 0 Å². The highest BCUT2D eigenvalue weighted by atomic mass is 79.9. The van der Waals surface area contributed by atoms with Crippen LogP contribution >= 0.6 is 15.9 Å². The van der Waals surface area contributed by atoms with Gasteiger partial charge in [0.05, 0.1) is 13.2 Å². The molecule has 28 heavy (non-hydrogen) atoms. The van der Waals surface area contributed by atoms with Crippen LogP contribution in [0.4, 0.5) is 5.82 Å². The van der Waals surface area contributed by atoms with E-state index in [0.29, 0.717) is 6.61 Å². The van der Waals surface area contributed by atoms with E-state index >= 15 is 0 Å². The second-order valence-corrected chi connectivity index (χ2v) is 7.62. The summed E-state index contributed by atoms with van der Waals surface area (Å²) < 4.78 is 12.1. The molecule has 0 spiro atoms. The number of anilines is 1. The molecule has 0 aliphatic carbocycles. The second kappa shape index (κ2) is 9.34. The van der Waals surface area contributed by atoms with Crippen LogP contribution in [0.2, 0.25) is 0 Å². The van der Waals surface area contributed by atoms with Gasteiger partial charge in [0, 0.05) is 38.3 Å². The van der Waals surface area contributed by atoms with Crippen molar-refractivity contribution in [2.24, 2.45) is 4.99 Å². The van der Waals surface area contributed by atoms with Crippen molar-refractivity contribution in [3.8, 4) is 5.75 Å². The lowest BCUT2D eigenvalue weighted by atomic mass is 10.2. The number of hydrogen-bond acceptors (Lipinski definition) is 7. The van der Waals surface area contributed by atoms with E-state index in [1.807, 2.05) is 36.4 Å². The first kappa shape index (κ1) is 19.1. The average molecular weight is 446 g/mol. The summed E-state index contributed by atoms with van der Waals surface area (Å²) in [6, 6.07) is 11.9. The molecule has 2 aliphatic heterocycles. The monoisotopic (exact) mass is 445 g/mol. The molecular weight excluding hydrogens is 422 g/mol. The smallest absolute Gasteiger partial charge is 0.216 e. The van der Waals surface area contributed by atoms with Gasteiger partial charge in [-0.2, -0.15) is 0 Å². The summed E-state index contributed by atoms with van der Waals surface area (Å²) in [5.41, 5.74) is 1.01. The van der Waals surface area contributed by atoms with E-state index in [1.165, 1.54) is 0 Å². The van der Waals surface area contributed by atoms with Gasteiger partial charge in [0.15, 0.2) is 5.82 Å². The Hall–Kier alpha value is -2.19. The minimum absolute atomic E-state index is 0.679. The Labute approximate surface area is 173 Å². The molecule has 148 valence electrons. The third-order valence-electron chi connectivity index (χ3n) is 4.89. The zero-order valence-corrected chi connectivity index (χ0v) is 17.3. The Bertz CT molecular complexity index is 789. The van der Waals surface area contributed by atoms with Crippen molar-refractivity contribution in [1.29, 1.82) is 0 Å². The fraction of sp³-hybridized carbons (Fsp3) is 0.450. The number of hydrogen-bond donors (Lipinski definition) is 0. The third-order valence-corrected chi connectivity index (χ3v) is 5.31. The zero-order valence-electron chi connectivity index (χ0n) is 15.8. The van der Waals surface area contributed by atoms with Gasteiger partial charge >= 0.3 is 0 Å². The molecule has 0 unspecified atom stereocenters. The van der Waals surface area contributed by atoms with Crippen molar-refractivity contribution in [1.82, 2.24) is 15.1 Å². The van der Waals surface area contributed by atoms with Crippen LogP contribution in [0.15, 0.2) is 46.0 Å². The van der Waals surface area contributed by atoms with Gasteiger partial charge in [0.25, 0.3) is 0 Å².